The zero-order chi connectivity index (χ0) is 19.5. The van der Waals surface area contributed by atoms with Crippen LogP contribution in [0.5, 0.6) is 11.5 Å². The molecule has 1 N–H and O–H groups in total. The molecular formula is C22H24N2O4. The molecule has 1 atom stereocenters. The van der Waals surface area contributed by atoms with Crippen LogP contribution in [0.2, 0.25) is 0 Å². The van der Waals surface area contributed by atoms with Crippen molar-refractivity contribution >= 4 is 17.5 Å². The van der Waals surface area contributed by atoms with Crippen LogP contribution >= 0.6 is 0 Å². The van der Waals surface area contributed by atoms with Gasteiger partial charge in [-0.25, -0.2) is 0 Å². The minimum atomic E-state index is -0.363. The molecule has 2 heterocycles. The van der Waals surface area contributed by atoms with E-state index in [4.69, 9.17) is 9.47 Å². The van der Waals surface area contributed by atoms with Crippen molar-refractivity contribution in [2.24, 2.45) is 5.92 Å². The summed E-state index contributed by atoms with van der Waals surface area (Å²) >= 11 is 0. The van der Waals surface area contributed by atoms with E-state index in [0.717, 1.165) is 30.8 Å². The minimum absolute atomic E-state index is 0.0596. The van der Waals surface area contributed by atoms with Gasteiger partial charge in [0.05, 0.1) is 25.3 Å². The third kappa shape index (κ3) is 3.67. The fourth-order valence-electron chi connectivity index (χ4n) is 3.83. The van der Waals surface area contributed by atoms with E-state index in [9.17, 15) is 9.59 Å². The number of anilines is 1. The Hall–Kier alpha value is -3.02. The zero-order valence-electron chi connectivity index (χ0n) is 15.9. The average molecular weight is 380 g/mol. The Morgan fingerprint density at radius 3 is 3.00 bits per heavy atom. The number of nitrogens with one attached hydrogen (secondary N) is 1. The third-order valence-corrected chi connectivity index (χ3v) is 5.31. The van der Waals surface area contributed by atoms with Crippen LogP contribution in [0.1, 0.15) is 24.0 Å². The predicted octanol–water partition coefficient (Wildman–Crippen LogP) is 2.69. The Balaban J connectivity index is 1.39. The molecule has 1 fully saturated rings. The maximum absolute atomic E-state index is 12.6. The number of fused-ring (bicyclic) bond motifs is 1. The molecular weight excluding hydrogens is 356 g/mol. The summed E-state index contributed by atoms with van der Waals surface area (Å²) in [6, 6.07) is 13.4. The second kappa shape index (κ2) is 7.92. The van der Waals surface area contributed by atoms with E-state index in [1.165, 1.54) is 5.56 Å². The highest BCUT2D eigenvalue weighted by Gasteiger charge is 2.36. The summed E-state index contributed by atoms with van der Waals surface area (Å²) < 4.78 is 11.0. The Morgan fingerprint density at radius 2 is 2.14 bits per heavy atom. The maximum atomic E-state index is 12.6. The van der Waals surface area contributed by atoms with Gasteiger partial charge in [-0.3, -0.25) is 9.59 Å². The fourth-order valence-corrected chi connectivity index (χ4v) is 3.83. The molecule has 2 aliphatic heterocycles. The number of para-hydroxylation sites is 2. The van der Waals surface area contributed by atoms with Crippen molar-refractivity contribution in [3.63, 3.8) is 0 Å². The van der Waals surface area contributed by atoms with Gasteiger partial charge in [-0.1, -0.05) is 24.3 Å². The second-order valence-corrected chi connectivity index (χ2v) is 7.19. The minimum Gasteiger partial charge on any atom is -0.495 e. The molecule has 0 aliphatic carbocycles. The van der Waals surface area contributed by atoms with Crippen LogP contribution < -0.4 is 19.7 Å². The van der Waals surface area contributed by atoms with Gasteiger partial charge < -0.3 is 19.7 Å². The Labute approximate surface area is 164 Å². The molecule has 146 valence electrons. The molecule has 1 saturated heterocycles. The van der Waals surface area contributed by atoms with Crippen molar-refractivity contribution < 1.29 is 19.1 Å². The van der Waals surface area contributed by atoms with Crippen molar-refractivity contribution in [1.82, 2.24) is 5.32 Å². The summed E-state index contributed by atoms with van der Waals surface area (Å²) in [4.78, 5) is 26.7. The lowest BCUT2D eigenvalue weighted by Crippen LogP contribution is -2.32. The van der Waals surface area contributed by atoms with Gasteiger partial charge in [0.1, 0.15) is 11.5 Å². The SMILES string of the molecule is COc1ccccc1N1CC(C(=O)NCc2ccc3c(c2)CCCO3)CC1=O. The highest BCUT2D eigenvalue weighted by atomic mass is 16.5. The Kier molecular flexibility index (Phi) is 5.19. The first-order valence-electron chi connectivity index (χ1n) is 9.61. The maximum Gasteiger partial charge on any atom is 0.227 e. The summed E-state index contributed by atoms with van der Waals surface area (Å²) in [7, 11) is 1.58. The number of carbonyl (C=O) groups is 2. The number of methoxy groups -OCH3 is 1. The van der Waals surface area contributed by atoms with Crippen molar-refractivity contribution in [1.29, 1.82) is 0 Å². The van der Waals surface area contributed by atoms with Gasteiger partial charge in [0, 0.05) is 19.5 Å². The van der Waals surface area contributed by atoms with Crippen molar-refractivity contribution in [3.05, 3.63) is 53.6 Å². The van der Waals surface area contributed by atoms with Gasteiger partial charge in [-0.2, -0.15) is 0 Å². The quantitative estimate of drug-likeness (QED) is 0.866. The first-order chi connectivity index (χ1) is 13.7. The summed E-state index contributed by atoms with van der Waals surface area (Å²) in [6.45, 7) is 1.58. The van der Waals surface area contributed by atoms with Gasteiger partial charge in [-0.15, -0.1) is 0 Å². The van der Waals surface area contributed by atoms with Gasteiger partial charge in [0.25, 0.3) is 0 Å². The number of aryl methyl sites for hydroxylation is 1. The van der Waals surface area contributed by atoms with Crippen molar-refractivity contribution in [2.75, 3.05) is 25.2 Å². The van der Waals surface area contributed by atoms with Crippen molar-refractivity contribution in [3.8, 4) is 11.5 Å². The van der Waals surface area contributed by atoms with E-state index in [0.29, 0.717) is 24.5 Å². The lowest BCUT2D eigenvalue weighted by molar-refractivity contribution is -0.126. The summed E-state index contributed by atoms with van der Waals surface area (Å²) in [5.41, 5.74) is 2.94. The molecule has 0 bridgehead atoms. The normalized spacial score (nSPS) is 18.4. The van der Waals surface area contributed by atoms with Gasteiger partial charge in [0.2, 0.25) is 11.8 Å². The fraction of sp³-hybridized carbons (Fsp3) is 0.364. The molecule has 1 unspecified atom stereocenters. The Morgan fingerprint density at radius 1 is 1.29 bits per heavy atom. The number of rotatable bonds is 5. The lowest BCUT2D eigenvalue weighted by atomic mass is 10.0. The molecule has 0 spiro atoms. The molecule has 0 radical (unpaired) electrons. The molecule has 4 rings (SSSR count). The Bertz CT molecular complexity index is 896. The van der Waals surface area contributed by atoms with Crippen LogP contribution in [0.3, 0.4) is 0 Å². The molecule has 0 saturated carbocycles. The molecule has 28 heavy (non-hydrogen) atoms. The first-order valence-corrected chi connectivity index (χ1v) is 9.61. The van der Waals surface area contributed by atoms with Crippen LogP contribution in [-0.4, -0.2) is 32.1 Å². The van der Waals surface area contributed by atoms with E-state index in [1.54, 1.807) is 12.0 Å². The number of hydrogen-bond acceptors (Lipinski definition) is 4. The standard InChI is InChI=1S/C22H24N2O4/c1-27-20-7-3-2-6-18(20)24-14-17(12-21(24)25)22(26)23-13-15-8-9-19-16(11-15)5-4-10-28-19/h2-3,6-9,11,17H,4-5,10,12-14H2,1H3,(H,23,26). The van der Waals surface area contributed by atoms with Gasteiger partial charge >= 0.3 is 0 Å². The predicted molar refractivity (Wildman–Crippen MR) is 106 cm³/mol. The highest BCUT2D eigenvalue weighted by Crippen LogP contribution is 2.33. The monoisotopic (exact) mass is 380 g/mol. The number of hydrogen-bond donors (Lipinski definition) is 1. The third-order valence-electron chi connectivity index (χ3n) is 5.31. The molecule has 2 aliphatic rings. The smallest absolute Gasteiger partial charge is 0.227 e. The lowest BCUT2D eigenvalue weighted by Gasteiger charge is -2.19. The average Bonchev–Trinajstić information content (AvgIpc) is 3.13. The molecule has 2 aromatic rings. The van der Waals surface area contributed by atoms with Crippen LogP contribution in [-0.2, 0) is 22.6 Å². The van der Waals surface area contributed by atoms with Gasteiger partial charge in [-0.05, 0) is 42.2 Å². The number of nitrogens with zero attached hydrogens (tertiary/aromatic N) is 1. The molecule has 0 aromatic heterocycles. The van der Waals surface area contributed by atoms with E-state index < -0.39 is 0 Å². The van der Waals surface area contributed by atoms with E-state index in [2.05, 4.69) is 11.4 Å². The highest BCUT2D eigenvalue weighted by molar-refractivity contribution is 6.01. The number of amides is 2. The summed E-state index contributed by atoms with van der Waals surface area (Å²) in [6.07, 6.45) is 2.23. The van der Waals surface area contributed by atoms with Crippen LogP contribution in [0.15, 0.2) is 42.5 Å². The molecule has 2 aromatic carbocycles. The first kappa shape index (κ1) is 18.3. The topological polar surface area (TPSA) is 67.9 Å². The van der Waals surface area contributed by atoms with Gasteiger partial charge in [0.15, 0.2) is 0 Å². The molecule has 2 amide bonds. The van der Waals surface area contributed by atoms with Crippen LogP contribution in [0.4, 0.5) is 5.69 Å². The molecule has 6 heteroatoms. The van der Waals surface area contributed by atoms with E-state index >= 15 is 0 Å². The van der Waals surface area contributed by atoms with E-state index in [-0.39, 0.29) is 24.2 Å². The second-order valence-electron chi connectivity index (χ2n) is 7.19. The largest absolute Gasteiger partial charge is 0.495 e. The number of benzene rings is 2. The molecule has 6 nitrogen and oxygen atoms in total. The number of carbonyl (C=O) groups excluding carboxylic acids is 2. The van der Waals surface area contributed by atoms with Crippen LogP contribution in [0, 0.1) is 5.92 Å². The zero-order valence-corrected chi connectivity index (χ0v) is 15.9. The summed E-state index contributed by atoms with van der Waals surface area (Å²) in [5.74, 6) is 1.05. The van der Waals surface area contributed by atoms with Crippen molar-refractivity contribution in [2.45, 2.75) is 25.8 Å². The van der Waals surface area contributed by atoms with E-state index in [1.807, 2.05) is 36.4 Å². The number of ether oxygens (including phenoxy) is 2. The summed E-state index contributed by atoms with van der Waals surface area (Å²) in [5, 5.41) is 2.98. The van der Waals surface area contributed by atoms with Crippen LogP contribution in [0.25, 0.3) is 0 Å².